The third kappa shape index (κ3) is 2.80. The molecule has 1 aliphatic carbocycles. The molecule has 3 rings (SSSR count). The van der Waals surface area contributed by atoms with Crippen molar-refractivity contribution in [1.29, 1.82) is 0 Å². The quantitative estimate of drug-likeness (QED) is 0.723. The second-order valence-electron chi connectivity index (χ2n) is 5.67. The minimum Gasteiger partial charge on any atom is -0.338 e. The van der Waals surface area contributed by atoms with E-state index in [1.807, 2.05) is 6.92 Å². The summed E-state index contributed by atoms with van der Waals surface area (Å²) in [4.78, 5) is 37.4. The Bertz CT molecular complexity index is 827. The second kappa shape index (κ2) is 6.66. The predicted molar refractivity (Wildman–Crippen MR) is 91.7 cm³/mol. The number of anilines is 1. The highest BCUT2D eigenvalue weighted by Gasteiger charge is 2.31. The van der Waals surface area contributed by atoms with Crippen molar-refractivity contribution in [3.05, 3.63) is 64.7 Å². The molecule has 5 heteroatoms. The van der Waals surface area contributed by atoms with Gasteiger partial charge < -0.3 is 10.6 Å². The van der Waals surface area contributed by atoms with Crippen LogP contribution in [0.15, 0.2) is 42.5 Å². The predicted octanol–water partition coefficient (Wildman–Crippen LogP) is 3.38. The summed E-state index contributed by atoms with van der Waals surface area (Å²) in [6.07, 6.45) is 1.86. The van der Waals surface area contributed by atoms with E-state index in [0.717, 1.165) is 12.8 Å². The molecule has 1 aliphatic rings. The van der Waals surface area contributed by atoms with E-state index in [1.165, 1.54) is 0 Å². The second-order valence-corrected chi connectivity index (χ2v) is 5.67. The molecule has 2 aromatic carbocycles. The van der Waals surface area contributed by atoms with Crippen molar-refractivity contribution in [2.24, 2.45) is 0 Å². The monoisotopic (exact) mass is 322 g/mol. The zero-order chi connectivity index (χ0) is 17.1. The SMILES string of the molecule is CCCCNC(=O)Nc1cccc2c1C(=O)c1ccccc1C2=O. The number of hydrogen-bond acceptors (Lipinski definition) is 3. The number of amides is 2. The van der Waals surface area contributed by atoms with Gasteiger partial charge in [0.2, 0.25) is 0 Å². The van der Waals surface area contributed by atoms with E-state index in [0.29, 0.717) is 28.9 Å². The number of carbonyl (C=O) groups excluding carboxylic acids is 3. The van der Waals surface area contributed by atoms with Crippen LogP contribution >= 0.6 is 0 Å². The summed E-state index contributed by atoms with van der Waals surface area (Å²) in [7, 11) is 0. The molecule has 2 N–H and O–H groups in total. The van der Waals surface area contributed by atoms with Crippen LogP contribution < -0.4 is 10.6 Å². The fraction of sp³-hybridized carbons (Fsp3) is 0.211. The first-order valence-electron chi connectivity index (χ1n) is 7.99. The summed E-state index contributed by atoms with van der Waals surface area (Å²) >= 11 is 0. The Balaban J connectivity index is 1.94. The number of benzene rings is 2. The molecule has 0 aliphatic heterocycles. The van der Waals surface area contributed by atoms with Crippen molar-refractivity contribution in [3.63, 3.8) is 0 Å². The van der Waals surface area contributed by atoms with Gasteiger partial charge >= 0.3 is 6.03 Å². The van der Waals surface area contributed by atoms with Gasteiger partial charge in [0.15, 0.2) is 11.6 Å². The van der Waals surface area contributed by atoms with Crippen LogP contribution in [0, 0.1) is 0 Å². The van der Waals surface area contributed by atoms with Gasteiger partial charge in [-0.3, -0.25) is 9.59 Å². The molecule has 2 aromatic rings. The van der Waals surface area contributed by atoms with E-state index < -0.39 is 0 Å². The van der Waals surface area contributed by atoms with Crippen LogP contribution in [0.25, 0.3) is 0 Å². The summed E-state index contributed by atoms with van der Waals surface area (Å²) in [5.74, 6) is -0.445. The van der Waals surface area contributed by atoms with E-state index >= 15 is 0 Å². The van der Waals surface area contributed by atoms with E-state index in [2.05, 4.69) is 10.6 Å². The lowest BCUT2D eigenvalue weighted by Gasteiger charge is -2.20. The van der Waals surface area contributed by atoms with Gasteiger partial charge in [-0.15, -0.1) is 0 Å². The summed E-state index contributed by atoms with van der Waals surface area (Å²) in [5, 5.41) is 5.43. The molecular weight excluding hydrogens is 304 g/mol. The molecule has 0 heterocycles. The van der Waals surface area contributed by atoms with Crippen LogP contribution in [0.4, 0.5) is 10.5 Å². The van der Waals surface area contributed by atoms with Crippen molar-refractivity contribution in [2.45, 2.75) is 19.8 Å². The first-order valence-corrected chi connectivity index (χ1v) is 7.99. The van der Waals surface area contributed by atoms with E-state index in [1.54, 1.807) is 42.5 Å². The minimum absolute atomic E-state index is 0.199. The molecule has 122 valence electrons. The lowest BCUT2D eigenvalue weighted by Crippen LogP contribution is -2.31. The Morgan fingerprint density at radius 2 is 1.58 bits per heavy atom. The standard InChI is InChI=1S/C19H18N2O3/c1-2-3-11-20-19(24)21-15-10-6-9-14-16(15)18(23)13-8-5-4-7-12(13)17(14)22/h4-10H,2-3,11H2,1H3,(H2,20,21,24). The van der Waals surface area contributed by atoms with Gasteiger partial charge in [0.05, 0.1) is 11.3 Å². The molecule has 0 unspecified atom stereocenters. The number of fused-ring (bicyclic) bond motifs is 2. The Morgan fingerprint density at radius 3 is 2.29 bits per heavy atom. The van der Waals surface area contributed by atoms with Gasteiger partial charge in [-0.2, -0.15) is 0 Å². The first kappa shape index (κ1) is 15.9. The highest BCUT2D eigenvalue weighted by molar-refractivity contribution is 6.30. The van der Waals surface area contributed by atoms with Crippen LogP contribution in [0.2, 0.25) is 0 Å². The maximum absolute atomic E-state index is 12.8. The van der Waals surface area contributed by atoms with Gasteiger partial charge in [0.1, 0.15) is 0 Å². The number of rotatable bonds is 4. The molecule has 24 heavy (non-hydrogen) atoms. The van der Waals surface area contributed by atoms with E-state index in [-0.39, 0.29) is 23.2 Å². The minimum atomic E-state index is -0.379. The molecule has 0 spiro atoms. The smallest absolute Gasteiger partial charge is 0.319 e. The molecule has 0 bridgehead atoms. The van der Waals surface area contributed by atoms with Crippen LogP contribution in [0.5, 0.6) is 0 Å². The Labute approximate surface area is 140 Å². The number of nitrogens with one attached hydrogen (secondary N) is 2. The fourth-order valence-corrected chi connectivity index (χ4v) is 2.79. The third-order valence-corrected chi connectivity index (χ3v) is 4.02. The summed E-state index contributed by atoms with van der Waals surface area (Å²) in [6, 6.07) is 11.3. The molecule has 0 atom stereocenters. The Kier molecular flexibility index (Phi) is 4.42. The van der Waals surface area contributed by atoms with Crippen LogP contribution in [-0.2, 0) is 0 Å². The number of hydrogen-bond donors (Lipinski definition) is 2. The molecule has 0 radical (unpaired) electrons. The number of ketones is 2. The van der Waals surface area contributed by atoms with Crippen molar-refractivity contribution >= 4 is 23.3 Å². The van der Waals surface area contributed by atoms with Gasteiger partial charge in [-0.1, -0.05) is 49.7 Å². The Hall–Kier alpha value is -2.95. The number of carbonyl (C=O) groups is 3. The van der Waals surface area contributed by atoms with Crippen LogP contribution in [-0.4, -0.2) is 24.1 Å². The van der Waals surface area contributed by atoms with Crippen molar-refractivity contribution < 1.29 is 14.4 Å². The molecule has 0 fully saturated rings. The summed E-state index contributed by atoms with van der Waals surface area (Å²) in [5.41, 5.74) is 1.71. The zero-order valence-corrected chi connectivity index (χ0v) is 13.4. The summed E-state index contributed by atoms with van der Waals surface area (Å²) < 4.78 is 0. The van der Waals surface area contributed by atoms with Crippen molar-refractivity contribution in [1.82, 2.24) is 5.32 Å². The molecule has 0 saturated heterocycles. The van der Waals surface area contributed by atoms with Gasteiger partial charge in [-0.05, 0) is 12.5 Å². The number of unbranched alkanes of at least 4 members (excludes halogenated alkanes) is 1. The fourth-order valence-electron chi connectivity index (χ4n) is 2.79. The maximum atomic E-state index is 12.8. The Morgan fingerprint density at radius 1 is 0.917 bits per heavy atom. The zero-order valence-electron chi connectivity index (χ0n) is 13.4. The third-order valence-electron chi connectivity index (χ3n) is 4.02. The highest BCUT2D eigenvalue weighted by atomic mass is 16.2. The average Bonchev–Trinajstić information content (AvgIpc) is 2.60. The van der Waals surface area contributed by atoms with Crippen LogP contribution in [0.3, 0.4) is 0 Å². The summed E-state index contributed by atoms with van der Waals surface area (Å²) in [6.45, 7) is 2.60. The van der Waals surface area contributed by atoms with Crippen LogP contribution in [0.1, 0.15) is 51.6 Å². The number of urea groups is 1. The molecule has 2 amide bonds. The lowest BCUT2D eigenvalue weighted by molar-refractivity contribution is 0.0979. The normalized spacial score (nSPS) is 12.4. The molecule has 0 saturated carbocycles. The van der Waals surface area contributed by atoms with E-state index in [9.17, 15) is 14.4 Å². The molecule has 5 nitrogen and oxygen atoms in total. The first-order chi connectivity index (χ1) is 11.6. The average molecular weight is 322 g/mol. The lowest BCUT2D eigenvalue weighted by atomic mass is 9.83. The van der Waals surface area contributed by atoms with Crippen molar-refractivity contribution in [3.8, 4) is 0 Å². The maximum Gasteiger partial charge on any atom is 0.319 e. The van der Waals surface area contributed by atoms with Gasteiger partial charge in [0.25, 0.3) is 0 Å². The largest absolute Gasteiger partial charge is 0.338 e. The highest BCUT2D eigenvalue weighted by Crippen LogP contribution is 2.31. The van der Waals surface area contributed by atoms with Gasteiger partial charge in [-0.25, -0.2) is 4.79 Å². The topological polar surface area (TPSA) is 75.3 Å². The molecular formula is C19H18N2O3. The van der Waals surface area contributed by atoms with Crippen molar-refractivity contribution in [2.75, 3.05) is 11.9 Å². The van der Waals surface area contributed by atoms with Gasteiger partial charge in [0, 0.05) is 23.2 Å². The van der Waals surface area contributed by atoms with E-state index in [4.69, 9.17) is 0 Å². The molecule has 0 aromatic heterocycles.